The average Bonchev–Trinajstić information content (AvgIpc) is 3.07. The highest BCUT2D eigenvalue weighted by Crippen LogP contribution is 2.24. The number of piperidine rings is 1. The molecule has 0 radical (unpaired) electrons. The van der Waals surface area contributed by atoms with Gasteiger partial charge in [0.15, 0.2) is 0 Å². The number of nitrogens with one attached hydrogen (secondary N) is 1. The summed E-state index contributed by atoms with van der Waals surface area (Å²) in [4.78, 5) is 31.1. The number of amides is 2. The second-order valence-corrected chi connectivity index (χ2v) is 7.85. The Morgan fingerprint density at radius 1 is 1.17 bits per heavy atom. The average molecular weight is 427 g/mol. The number of ether oxygens (including phenoxy) is 1. The van der Waals surface area contributed by atoms with Gasteiger partial charge in [-0.25, -0.2) is 9.78 Å². The number of hydrogen-bond donors (Lipinski definition) is 1. The summed E-state index contributed by atoms with van der Waals surface area (Å²) in [7, 11) is 1.85. The predicted molar refractivity (Wildman–Crippen MR) is 115 cm³/mol. The molecule has 1 aliphatic rings. The molecule has 4 rings (SSSR count). The van der Waals surface area contributed by atoms with Gasteiger partial charge in [-0.1, -0.05) is 41.9 Å². The lowest BCUT2D eigenvalue weighted by atomic mass is 9.96. The molecule has 0 unspecified atom stereocenters. The number of halogens is 1. The summed E-state index contributed by atoms with van der Waals surface area (Å²) < 4.78 is 7.21. The molecule has 30 heavy (non-hydrogen) atoms. The quantitative estimate of drug-likeness (QED) is 0.677. The van der Waals surface area contributed by atoms with Crippen LogP contribution in [0.4, 0.5) is 10.7 Å². The molecule has 0 spiro atoms. The minimum Gasteiger partial charge on any atom is -0.445 e. The molecule has 1 aromatic heterocycles. The van der Waals surface area contributed by atoms with Gasteiger partial charge in [-0.3, -0.25) is 10.1 Å². The molecule has 156 valence electrons. The maximum Gasteiger partial charge on any atom is 0.410 e. The van der Waals surface area contributed by atoms with Crippen LogP contribution in [0.15, 0.2) is 48.5 Å². The second kappa shape index (κ2) is 8.75. The lowest BCUT2D eigenvalue weighted by molar-refractivity contribution is -0.121. The van der Waals surface area contributed by atoms with Crippen LogP contribution in [0.2, 0.25) is 5.02 Å². The maximum atomic E-state index is 12.7. The summed E-state index contributed by atoms with van der Waals surface area (Å²) in [6.45, 7) is 1.23. The summed E-state index contributed by atoms with van der Waals surface area (Å²) in [5.74, 6) is 0.227. The molecule has 0 atom stereocenters. The molecule has 1 saturated heterocycles. The van der Waals surface area contributed by atoms with E-state index in [2.05, 4.69) is 10.3 Å². The highest BCUT2D eigenvalue weighted by molar-refractivity contribution is 6.31. The molecule has 1 aliphatic heterocycles. The van der Waals surface area contributed by atoms with Crippen LogP contribution in [0.25, 0.3) is 11.0 Å². The largest absolute Gasteiger partial charge is 0.445 e. The SMILES string of the molecule is Cn1c(NC(=O)C2CCN(C(=O)OCc3ccccc3)CC2)nc2cc(Cl)ccc21. The molecule has 0 bridgehead atoms. The van der Waals surface area contributed by atoms with Crippen molar-refractivity contribution in [2.75, 3.05) is 18.4 Å². The Morgan fingerprint density at radius 3 is 2.63 bits per heavy atom. The van der Waals surface area contributed by atoms with Gasteiger partial charge < -0.3 is 14.2 Å². The monoisotopic (exact) mass is 426 g/mol. The zero-order valence-electron chi connectivity index (χ0n) is 16.7. The minimum atomic E-state index is -0.343. The van der Waals surface area contributed by atoms with E-state index in [4.69, 9.17) is 16.3 Å². The number of nitrogens with zero attached hydrogens (tertiary/aromatic N) is 3. The highest BCUT2D eigenvalue weighted by Gasteiger charge is 2.28. The number of hydrogen-bond acceptors (Lipinski definition) is 4. The first-order valence-electron chi connectivity index (χ1n) is 9.90. The van der Waals surface area contributed by atoms with Crippen molar-refractivity contribution in [1.82, 2.24) is 14.5 Å². The van der Waals surface area contributed by atoms with Crippen LogP contribution in [0.5, 0.6) is 0 Å². The number of rotatable bonds is 4. The fourth-order valence-electron chi connectivity index (χ4n) is 3.63. The van der Waals surface area contributed by atoms with E-state index in [0.717, 1.165) is 16.6 Å². The number of likely N-dealkylation sites (tertiary alicyclic amines) is 1. The van der Waals surface area contributed by atoms with Gasteiger partial charge in [0.2, 0.25) is 11.9 Å². The zero-order valence-corrected chi connectivity index (χ0v) is 17.4. The number of aromatic nitrogens is 2. The molecule has 0 aliphatic carbocycles. The standard InChI is InChI=1S/C22H23ClN4O3/c1-26-19-8-7-17(23)13-18(19)24-21(26)25-20(28)16-9-11-27(12-10-16)22(29)30-14-15-5-3-2-4-6-15/h2-8,13,16H,9-12,14H2,1H3,(H,24,25,28). The van der Waals surface area contributed by atoms with E-state index in [1.165, 1.54) is 0 Å². The van der Waals surface area contributed by atoms with Crippen LogP contribution < -0.4 is 5.32 Å². The number of carbonyl (C=O) groups is 2. The molecular formula is C22H23ClN4O3. The third kappa shape index (κ3) is 4.41. The van der Waals surface area contributed by atoms with E-state index in [1.54, 1.807) is 17.0 Å². The van der Waals surface area contributed by atoms with Gasteiger partial charge in [-0.2, -0.15) is 0 Å². The highest BCUT2D eigenvalue weighted by atomic mass is 35.5. The minimum absolute atomic E-state index is 0.0863. The Morgan fingerprint density at radius 2 is 1.90 bits per heavy atom. The van der Waals surface area contributed by atoms with Crippen LogP contribution in [0, 0.1) is 5.92 Å². The van der Waals surface area contributed by atoms with E-state index in [9.17, 15) is 9.59 Å². The van der Waals surface area contributed by atoms with Crippen molar-refractivity contribution in [3.63, 3.8) is 0 Å². The zero-order chi connectivity index (χ0) is 21.1. The summed E-state index contributed by atoms with van der Waals surface area (Å²) in [6, 6.07) is 15.0. The Labute approximate surface area is 179 Å². The van der Waals surface area contributed by atoms with Gasteiger partial charge in [-0.15, -0.1) is 0 Å². The summed E-state index contributed by atoms with van der Waals surface area (Å²) in [5.41, 5.74) is 2.57. The third-order valence-corrected chi connectivity index (χ3v) is 5.64. The molecule has 7 nitrogen and oxygen atoms in total. The maximum absolute atomic E-state index is 12.7. The fourth-order valence-corrected chi connectivity index (χ4v) is 3.80. The van der Waals surface area contributed by atoms with Crippen molar-refractivity contribution in [3.05, 3.63) is 59.1 Å². The second-order valence-electron chi connectivity index (χ2n) is 7.42. The van der Waals surface area contributed by atoms with Crippen LogP contribution in [0.3, 0.4) is 0 Å². The molecule has 1 fully saturated rings. The van der Waals surface area contributed by atoms with Gasteiger partial charge in [-0.05, 0) is 36.6 Å². The van der Waals surface area contributed by atoms with Crippen LogP contribution in [-0.4, -0.2) is 39.5 Å². The Balaban J connectivity index is 1.30. The summed E-state index contributed by atoms with van der Waals surface area (Å²) in [5, 5.41) is 3.52. The predicted octanol–water partition coefficient (Wildman–Crippen LogP) is 4.21. The summed E-state index contributed by atoms with van der Waals surface area (Å²) >= 11 is 6.03. The number of aryl methyl sites for hydroxylation is 1. The van der Waals surface area contributed by atoms with Crippen LogP contribution in [0.1, 0.15) is 18.4 Å². The number of carbonyl (C=O) groups excluding carboxylic acids is 2. The van der Waals surface area contributed by atoms with Gasteiger partial charge in [0, 0.05) is 31.1 Å². The molecule has 0 saturated carbocycles. The van der Waals surface area contributed by atoms with Crippen LogP contribution >= 0.6 is 11.6 Å². The molecule has 2 heterocycles. The van der Waals surface area contributed by atoms with Crippen molar-refractivity contribution in [2.45, 2.75) is 19.4 Å². The van der Waals surface area contributed by atoms with Gasteiger partial charge in [0.05, 0.1) is 11.0 Å². The van der Waals surface area contributed by atoms with Gasteiger partial charge in [0.1, 0.15) is 6.61 Å². The topological polar surface area (TPSA) is 76.5 Å². The smallest absolute Gasteiger partial charge is 0.410 e. The number of benzene rings is 2. The van der Waals surface area contributed by atoms with Crippen molar-refractivity contribution >= 4 is 40.6 Å². The van der Waals surface area contributed by atoms with Crippen LogP contribution in [-0.2, 0) is 23.2 Å². The molecule has 3 aromatic rings. The fraction of sp³-hybridized carbons (Fsp3) is 0.318. The van der Waals surface area contributed by atoms with E-state index in [0.29, 0.717) is 36.9 Å². The van der Waals surface area contributed by atoms with Crippen molar-refractivity contribution < 1.29 is 14.3 Å². The normalized spacial score (nSPS) is 14.7. The number of imidazole rings is 1. The Hall–Kier alpha value is -3.06. The lowest BCUT2D eigenvalue weighted by Gasteiger charge is -2.30. The molecule has 2 amide bonds. The first kappa shape index (κ1) is 20.2. The molecular weight excluding hydrogens is 404 g/mol. The van der Waals surface area contributed by atoms with E-state index in [1.807, 2.05) is 48.0 Å². The first-order valence-corrected chi connectivity index (χ1v) is 10.3. The molecule has 2 aromatic carbocycles. The van der Waals surface area contributed by atoms with Crippen molar-refractivity contribution in [1.29, 1.82) is 0 Å². The van der Waals surface area contributed by atoms with Gasteiger partial charge >= 0.3 is 6.09 Å². The lowest BCUT2D eigenvalue weighted by Crippen LogP contribution is -2.41. The van der Waals surface area contributed by atoms with E-state index >= 15 is 0 Å². The molecule has 1 N–H and O–H groups in total. The Kier molecular flexibility index (Phi) is 5.90. The third-order valence-electron chi connectivity index (χ3n) is 5.41. The number of fused-ring (bicyclic) bond motifs is 1. The van der Waals surface area contributed by atoms with Crippen molar-refractivity contribution in [3.8, 4) is 0 Å². The summed E-state index contributed by atoms with van der Waals surface area (Å²) in [6.07, 6.45) is 0.828. The molecule has 8 heteroatoms. The Bertz CT molecular complexity index is 1060. The van der Waals surface area contributed by atoms with Gasteiger partial charge in [0.25, 0.3) is 0 Å². The number of anilines is 1. The first-order chi connectivity index (χ1) is 14.5. The van der Waals surface area contributed by atoms with E-state index < -0.39 is 0 Å². The van der Waals surface area contributed by atoms with Crippen molar-refractivity contribution in [2.24, 2.45) is 13.0 Å². The van der Waals surface area contributed by atoms with E-state index in [-0.39, 0.29) is 24.5 Å².